The highest BCUT2D eigenvalue weighted by Gasteiger charge is 2.32. The van der Waals surface area contributed by atoms with E-state index < -0.39 is 30.1 Å². The van der Waals surface area contributed by atoms with Crippen molar-refractivity contribution in [1.29, 1.82) is 0 Å². The molecule has 0 bridgehead atoms. The van der Waals surface area contributed by atoms with Crippen LogP contribution < -0.4 is 27.4 Å². The molecule has 1 heterocycles. The molecule has 0 aliphatic carbocycles. The Balaban J connectivity index is 1.99. The summed E-state index contributed by atoms with van der Waals surface area (Å²) in [4.78, 5) is 58.5. The standard InChI is InChI=1S/C24H36N8O5/c1-15(2)20(25)27-11-7-10-17(29-24(36)37-14-16-8-5-4-6-9-16)12-19(33)32(3)18-13-28-23(30-21(18)34)31-22(26)35/h4-6,8-9,15,17-18H,7,10-14H2,1-3H3,(H2,25,27)(H,29,36)(H4,26,28,30,31,34,35)/t17-,18?/m0/s1. The highest BCUT2D eigenvalue weighted by Crippen LogP contribution is 2.11. The molecule has 202 valence electrons. The van der Waals surface area contributed by atoms with Crippen molar-refractivity contribution in [2.45, 2.75) is 51.8 Å². The van der Waals surface area contributed by atoms with E-state index in [1.54, 1.807) is 0 Å². The number of carbonyl (C=O) groups excluding carboxylic acids is 4. The van der Waals surface area contributed by atoms with Crippen LogP contribution in [0.25, 0.3) is 0 Å². The Morgan fingerprint density at radius 1 is 1.24 bits per heavy atom. The Morgan fingerprint density at radius 3 is 2.57 bits per heavy atom. The highest BCUT2D eigenvalue weighted by molar-refractivity contribution is 6.07. The molecule has 2 atom stereocenters. The first-order valence-corrected chi connectivity index (χ1v) is 12.0. The first kappa shape index (κ1) is 29.1. The van der Waals surface area contributed by atoms with Crippen LogP contribution in [0.3, 0.4) is 0 Å². The summed E-state index contributed by atoms with van der Waals surface area (Å²) in [6.45, 7) is 4.37. The van der Waals surface area contributed by atoms with E-state index in [0.717, 1.165) is 5.56 Å². The number of primary amides is 1. The maximum absolute atomic E-state index is 13.0. The molecular formula is C24H36N8O5. The van der Waals surface area contributed by atoms with Gasteiger partial charge < -0.3 is 26.4 Å². The first-order valence-electron chi connectivity index (χ1n) is 12.0. The molecule has 5 amide bonds. The molecule has 0 spiro atoms. The number of ether oxygens (including phenoxy) is 1. The van der Waals surface area contributed by atoms with Gasteiger partial charge in [0, 0.05) is 32.0 Å². The molecule has 0 radical (unpaired) electrons. The van der Waals surface area contributed by atoms with E-state index >= 15 is 0 Å². The number of likely N-dealkylation sites (N-methyl/N-ethyl adjacent to an activating group) is 1. The van der Waals surface area contributed by atoms with E-state index in [0.29, 0.717) is 25.2 Å². The van der Waals surface area contributed by atoms with Crippen LogP contribution in [0.5, 0.6) is 0 Å². The molecule has 2 rings (SSSR count). The van der Waals surface area contributed by atoms with Crippen LogP contribution in [-0.4, -0.2) is 72.9 Å². The van der Waals surface area contributed by atoms with Crippen LogP contribution in [0, 0.1) is 5.92 Å². The normalized spacial score (nSPS) is 16.3. The van der Waals surface area contributed by atoms with Crippen molar-refractivity contribution in [2.75, 3.05) is 20.1 Å². The Labute approximate surface area is 216 Å². The molecule has 1 aliphatic heterocycles. The van der Waals surface area contributed by atoms with E-state index in [1.165, 1.54) is 11.9 Å². The number of nitrogens with one attached hydrogen (secondary N) is 3. The quantitative estimate of drug-likeness (QED) is 0.161. The molecule has 1 aliphatic rings. The molecule has 7 N–H and O–H groups in total. The Bertz CT molecular complexity index is 1010. The number of amides is 5. The molecule has 0 aromatic heterocycles. The monoisotopic (exact) mass is 516 g/mol. The summed E-state index contributed by atoms with van der Waals surface area (Å²) in [6, 6.07) is 6.91. The zero-order valence-electron chi connectivity index (χ0n) is 21.4. The van der Waals surface area contributed by atoms with Gasteiger partial charge in [-0.15, -0.1) is 0 Å². The first-order chi connectivity index (χ1) is 17.6. The molecule has 13 heteroatoms. The number of nitrogens with two attached hydrogens (primary N) is 2. The number of rotatable bonds is 11. The van der Waals surface area contributed by atoms with Crippen molar-refractivity contribution >= 4 is 35.7 Å². The Hall–Kier alpha value is -4.16. The van der Waals surface area contributed by atoms with Crippen LogP contribution >= 0.6 is 0 Å². The molecule has 1 aromatic carbocycles. The van der Waals surface area contributed by atoms with Gasteiger partial charge in [-0.25, -0.2) is 14.6 Å². The van der Waals surface area contributed by atoms with Crippen LogP contribution in [0.15, 0.2) is 40.3 Å². The third-order valence-electron chi connectivity index (χ3n) is 5.62. The fourth-order valence-corrected chi connectivity index (χ4v) is 3.40. The van der Waals surface area contributed by atoms with Gasteiger partial charge in [0.25, 0.3) is 5.91 Å². The van der Waals surface area contributed by atoms with Gasteiger partial charge in [0.15, 0.2) is 0 Å². The van der Waals surface area contributed by atoms with Crippen molar-refractivity contribution in [2.24, 2.45) is 27.4 Å². The largest absolute Gasteiger partial charge is 0.445 e. The van der Waals surface area contributed by atoms with Crippen LogP contribution in [-0.2, 0) is 20.9 Å². The maximum atomic E-state index is 13.0. The molecule has 0 fully saturated rings. The zero-order valence-corrected chi connectivity index (χ0v) is 21.4. The summed E-state index contributed by atoms with van der Waals surface area (Å²) in [6.07, 6.45) is 0.290. The lowest BCUT2D eigenvalue weighted by molar-refractivity contribution is -0.138. The topological polar surface area (TPSA) is 194 Å². The molecule has 0 saturated carbocycles. The minimum Gasteiger partial charge on any atom is -0.445 e. The molecule has 1 unspecified atom stereocenters. The minimum atomic E-state index is -0.882. The lowest BCUT2D eigenvalue weighted by Gasteiger charge is -2.30. The summed E-state index contributed by atoms with van der Waals surface area (Å²) < 4.78 is 5.30. The molecule has 13 nitrogen and oxygen atoms in total. The van der Waals surface area contributed by atoms with E-state index in [9.17, 15) is 19.2 Å². The second-order valence-corrected chi connectivity index (χ2v) is 8.90. The molecular weight excluding hydrogens is 480 g/mol. The SMILES string of the molecule is CC(C)C(N)=NCCC[C@@H](CC(=O)N(C)C1CN=C(NC(N)=O)NC1=O)NC(=O)OCc1ccccc1. The van der Waals surface area contributed by atoms with Gasteiger partial charge in [-0.1, -0.05) is 44.2 Å². The lowest BCUT2D eigenvalue weighted by atomic mass is 10.1. The highest BCUT2D eigenvalue weighted by atomic mass is 16.5. The number of alkyl carbamates (subject to hydrolysis) is 1. The number of hydrogen-bond donors (Lipinski definition) is 5. The van der Waals surface area contributed by atoms with E-state index in [2.05, 4.69) is 25.9 Å². The van der Waals surface area contributed by atoms with Crippen molar-refractivity contribution in [1.82, 2.24) is 20.9 Å². The number of hydrogen-bond acceptors (Lipinski definition) is 7. The van der Waals surface area contributed by atoms with Gasteiger partial charge in [0.1, 0.15) is 12.6 Å². The molecule has 1 aromatic rings. The number of urea groups is 1. The predicted molar refractivity (Wildman–Crippen MR) is 138 cm³/mol. The summed E-state index contributed by atoms with van der Waals surface area (Å²) >= 11 is 0. The minimum absolute atomic E-state index is 0.0515. The lowest BCUT2D eigenvalue weighted by Crippen LogP contribution is -2.58. The van der Waals surface area contributed by atoms with E-state index in [1.807, 2.05) is 44.2 Å². The fourth-order valence-electron chi connectivity index (χ4n) is 3.40. The average molecular weight is 517 g/mol. The van der Waals surface area contributed by atoms with Crippen LogP contribution in [0.1, 0.15) is 38.7 Å². The average Bonchev–Trinajstić information content (AvgIpc) is 2.85. The molecule has 37 heavy (non-hydrogen) atoms. The Morgan fingerprint density at radius 2 is 1.95 bits per heavy atom. The number of amidine groups is 1. The fraction of sp³-hybridized carbons (Fsp3) is 0.500. The van der Waals surface area contributed by atoms with Gasteiger partial charge in [-0.2, -0.15) is 0 Å². The number of carbonyl (C=O) groups is 4. The number of guanidine groups is 1. The number of nitrogens with zero attached hydrogens (tertiary/aromatic N) is 3. The van der Waals surface area contributed by atoms with Gasteiger partial charge in [-0.05, 0) is 18.4 Å². The smallest absolute Gasteiger partial charge is 0.407 e. The van der Waals surface area contributed by atoms with Crippen LogP contribution in [0.4, 0.5) is 9.59 Å². The predicted octanol–water partition coefficient (Wildman–Crippen LogP) is 0.446. The Kier molecular flexibility index (Phi) is 11.3. The van der Waals surface area contributed by atoms with Crippen LogP contribution in [0.2, 0.25) is 0 Å². The number of benzene rings is 1. The zero-order chi connectivity index (χ0) is 27.4. The summed E-state index contributed by atoms with van der Waals surface area (Å²) in [5, 5.41) is 7.35. The van der Waals surface area contributed by atoms with E-state index in [4.69, 9.17) is 16.2 Å². The molecule has 0 saturated heterocycles. The third kappa shape index (κ3) is 10.2. The van der Waals surface area contributed by atoms with E-state index in [-0.39, 0.29) is 37.4 Å². The van der Waals surface area contributed by atoms with Gasteiger partial charge in [0.05, 0.1) is 12.4 Å². The number of aliphatic imine (C=N–C) groups is 2. The second-order valence-electron chi connectivity index (χ2n) is 8.90. The van der Waals surface area contributed by atoms with Crippen molar-refractivity contribution in [3.63, 3.8) is 0 Å². The second kappa shape index (κ2) is 14.4. The van der Waals surface area contributed by atoms with Crippen molar-refractivity contribution in [3.05, 3.63) is 35.9 Å². The third-order valence-corrected chi connectivity index (χ3v) is 5.62. The maximum Gasteiger partial charge on any atom is 0.407 e. The summed E-state index contributed by atoms with van der Waals surface area (Å²) in [5.74, 6) is -0.298. The van der Waals surface area contributed by atoms with Crippen molar-refractivity contribution in [3.8, 4) is 0 Å². The summed E-state index contributed by atoms with van der Waals surface area (Å²) in [7, 11) is 1.48. The van der Waals surface area contributed by atoms with Crippen molar-refractivity contribution < 1.29 is 23.9 Å². The van der Waals surface area contributed by atoms with Gasteiger partial charge >= 0.3 is 12.1 Å². The van der Waals surface area contributed by atoms with Gasteiger partial charge in [0.2, 0.25) is 11.9 Å². The summed E-state index contributed by atoms with van der Waals surface area (Å²) in [5.41, 5.74) is 11.7. The van der Waals surface area contributed by atoms with Gasteiger partial charge in [-0.3, -0.25) is 25.2 Å².